The highest BCUT2D eigenvalue weighted by Crippen LogP contribution is 2.42. The standard InChI is InChI=1S/C27H23F4N3O3/c1-36-18-8-10-23-20(16-18)25(32-22-15-17(27(29,30)31)7-9-24(22)37-23)33-11-4-12-34(14-13-33)26(35)19-5-2-3-6-21(19)28/h2-3,5-10,15-16H,4,11-14H2,1H3. The minimum absolute atomic E-state index is 0.000142. The van der Waals surface area contributed by atoms with Crippen molar-refractivity contribution >= 4 is 17.4 Å². The van der Waals surface area contributed by atoms with Gasteiger partial charge < -0.3 is 19.3 Å². The Bertz CT molecular complexity index is 1370. The summed E-state index contributed by atoms with van der Waals surface area (Å²) in [5.74, 6) is 0.558. The van der Waals surface area contributed by atoms with Crippen LogP contribution in [0.1, 0.15) is 27.9 Å². The Morgan fingerprint density at radius 3 is 2.51 bits per heavy atom. The molecule has 0 aliphatic carbocycles. The molecule has 0 radical (unpaired) electrons. The Kier molecular flexibility index (Phi) is 6.49. The number of alkyl halides is 3. The van der Waals surface area contributed by atoms with Gasteiger partial charge in [-0.1, -0.05) is 12.1 Å². The van der Waals surface area contributed by atoms with Gasteiger partial charge in [-0.25, -0.2) is 9.38 Å². The quantitative estimate of drug-likeness (QED) is 0.402. The number of nitrogens with zero attached hydrogens (tertiary/aromatic N) is 3. The van der Waals surface area contributed by atoms with E-state index in [1.54, 1.807) is 29.2 Å². The molecule has 3 aromatic rings. The second kappa shape index (κ2) is 9.76. The van der Waals surface area contributed by atoms with E-state index in [1.807, 2.05) is 4.90 Å². The lowest BCUT2D eigenvalue weighted by molar-refractivity contribution is -0.137. The number of carbonyl (C=O) groups excluding carboxylic acids is 1. The number of fused-ring (bicyclic) bond motifs is 2. The lowest BCUT2D eigenvalue weighted by Gasteiger charge is -2.25. The summed E-state index contributed by atoms with van der Waals surface area (Å²) in [7, 11) is 1.51. The molecule has 0 atom stereocenters. The molecule has 1 fully saturated rings. The third kappa shape index (κ3) is 4.96. The lowest BCUT2D eigenvalue weighted by atomic mass is 10.1. The van der Waals surface area contributed by atoms with Gasteiger partial charge >= 0.3 is 6.18 Å². The van der Waals surface area contributed by atoms with Crippen LogP contribution in [0.5, 0.6) is 17.2 Å². The van der Waals surface area contributed by atoms with E-state index in [2.05, 4.69) is 4.99 Å². The molecule has 2 aliphatic rings. The molecule has 0 N–H and O–H groups in total. The molecule has 5 rings (SSSR count). The number of benzene rings is 3. The molecule has 0 bridgehead atoms. The summed E-state index contributed by atoms with van der Waals surface area (Å²) in [4.78, 5) is 21.1. The van der Waals surface area contributed by atoms with Crippen LogP contribution in [-0.4, -0.2) is 54.8 Å². The first kappa shape index (κ1) is 24.6. The molecule has 2 aliphatic heterocycles. The molecular weight excluding hydrogens is 490 g/mol. The van der Waals surface area contributed by atoms with Crippen molar-refractivity contribution in [2.24, 2.45) is 4.99 Å². The smallest absolute Gasteiger partial charge is 0.416 e. The number of aliphatic imine (C=N–C) groups is 1. The second-order valence-electron chi connectivity index (χ2n) is 8.69. The summed E-state index contributed by atoms with van der Waals surface area (Å²) in [5, 5.41) is 0. The van der Waals surface area contributed by atoms with E-state index in [1.165, 1.54) is 31.4 Å². The maximum Gasteiger partial charge on any atom is 0.416 e. The summed E-state index contributed by atoms with van der Waals surface area (Å²) < 4.78 is 65.9. The predicted molar refractivity (Wildman–Crippen MR) is 129 cm³/mol. The largest absolute Gasteiger partial charge is 0.497 e. The monoisotopic (exact) mass is 513 g/mol. The fourth-order valence-electron chi connectivity index (χ4n) is 4.44. The third-order valence-corrected chi connectivity index (χ3v) is 6.35. The number of ether oxygens (including phenoxy) is 2. The summed E-state index contributed by atoms with van der Waals surface area (Å²) in [6.45, 7) is 1.49. The molecule has 192 valence electrons. The van der Waals surface area contributed by atoms with Gasteiger partial charge in [0.2, 0.25) is 0 Å². The third-order valence-electron chi connectivity index (χ3n) is 6.35. The van der Waals surface area contributed by atoms with E-state index < -0.39 is 23.5 Å². The van der Waals surface area contributed by atoms with Gasteiger partial charge in [0.25, 0.3) is 5.91 Å². The van der Waals surface area contributed by atoms with Crippen LogP contribution < -0.4 is 9.47 Å². The Morgan fingerprint density at radius 2 is 1.76 bits per heavy atom. The Hall–Kier alpha value is -4.08. The van der Waals surface area contributed by atoms with Gasteiger partial charge in [-0.3, -0.25) is 4.79 Å². The van der Waals surface area contributed by atoms with Crippen LogP contribution in [0.15, 0.2) is 65.7 Å². The average molecular weight is 513 g/mol. The van der Waals surface area contributed by atoms with Gasteiger partial charge in [0.1, 0.15) is 28.8 Å². The van der Waals surface area contributed by atoms with E-state index in [9.17, 15) is 22.4 Å². The maximum atomic E-state index is 14.2. The van der Waals surface area contributed by atoms with Crippen LogP contribution >= 0.6 is 0 Å². The summed E-state index contributed by atoms with van der Waals surface area (Å²) >= 11 is 0. The van der Waals surface area contributed by atoms with E-state index in [0.29, 0.717) is 49.0 Å². The van der Waals surface area contributed by atoms with Crippen LogP contribution in [-0.2, 0) is 6.18 Å². The van der Waals surface area contributed by atoms with Gasteiger partial charge in [0.05, 0.1) is 23.8 Å². The van der Waals surface area contributed by atoms with Crippen LogP contribution in [0.3, 0.4) is 0 Å². The van der Waals surface area contributed by atoms with E-state index in [0.717, 1.165) is 12.1 Å². The zero-order valence-electron chi connectivity index (χ0n) is 19.9. The van der Waals surface area contributed by atoms with Crippen LogP contribution in [0, 0.1) is 5.82 Å². The number of amidine groups is 1. The van der Waals surface area contributed by atoms with Gasteiger partial charge in [-0.05, 0) is 55.0 Å². The van der Waals surface area contributed by atoms with Crippen molar-refractivity contribution in [3.05, 3.63) is 83.2 Å². The summed E-state index contributed by atoms with van der Waals surface area (Å²) in [6.07, 6.45) is -3.99. The topological polar surface area (TPSA) is 54.4 Å². The number of hydrogen-bond donors (Lipinski definition) is 0. The molecule has 37 heavy (non-hydrogen) atoms. The van der Waals surface area contributed by atoms with E-state index in [-0.39, 0.29) is 23.5 Å². The van der Waals surface area contributed by atoms with Crippen LogP contribution in [0.4, 0.5) is 23.2 Å². The molecule has 0 saturated carbocycles. The van der Waals surface area contributed by atoms with Crippen molar-refractivity contribution in [3.63, 3.8) is 0 Å². The van der Waals surface area contributed by atoms with Crippen LogP contribution in [0.25, 0.3) is 0 Å². The van der Waals surface area contributed by atoms with Crippen molar-refractivity contribution in [2.45, 2.75) is 12.6 Å². The van der Waals surface area contributed by atoms with Gasteiger partial charge in [0.15, 0.2) is 5.75 Å². The number of methoxy groups -OCH3 is 1. The number of rotatable bonds is 2. The fourth-order valence-corrected chi connectivity index (χ4v) is 4.44. The highest BCUT2D eigenvalue weighted by atomic mass is 19.4. The minimum Gasteiger partial charge on any atom is -0.497 e. The van der Waals surface area contributed by atoms with Crippen molar-refractivity contribution in [1.29, 1.82) is 0 Å². The van der Waals surface area contributed by atoms with E-state index in [4.69, 9.17) is 9.47 Å². The molecule has 2 heterocycles. The van der Waals surface area contributed by atoms with Crippen molar-refractivity contribution < 1.29 is 31.8 Å². The molecule has 10 heteroatoms. The molecule has 1 amide bonds. The number of carbonyl (C=O) groups is 1. The van der Waals surface area contributed by atoms with Crippen molar-refractivity contribution in [1.82, 2.24) is 9.80 Å². The fraction of sp³-hybridized carbons (Fsp3) is 0.259. The molecule has 0 aromatic heterocycles. The molecule has 1 saturated heterocycles. The molecule has 6 nitrogen and oxygen atoms in total. The molecule has 0 spiro atoms. The van der Waals surface area contributed by atoms with Crippen molar-refractivity contribution in [2.75, 3.05) is 33.3 Å². The maximum absolute atomic E-state index is 14.2. The molecule has 0 unspecified atom stereocenters. The number of amides is 1. The number of halogens is 4. The number of hydrogen-bond acceptors (Lipinski definition) is 5. The Morgan fingerprint density at radius 1 is 0.973 bits per heavy atom. The molecule has 3 aromatic carbocycles. The van der Waals surface area contributed by atoms with Crippen LogP contribution in [0.2, 0.25) is 0 Å². The Balaban J connectivity index is 1.51. The normalized spacial score (nSPS) is 15.5. The van der Waals surface area contributed by atoms with Gasteiger partial charge in [-0.15, -0.1) is 0 Å². The first-order valence-corrected chi connectivity index (χ1v) is 11.7. The van der Waals surface area contributed by atoms with Gasteiger partial charge in [0, 0.05) is 26.2 Å². The van der Waals surface area contributed by atoms with Crippen molar-refractivity contribution in [3.8, 4) is 17.2 Å². The molecular formula is C27H23F4N3O3. The SMILES string of the molecule is COc1ccc2c(c1)C(N1CCCN(C(=O)c3ccccc3F)CC1)=Nc1cc(C(F)(F)F)ccc1O2. The van der Waals surface area contributed by atoms with Gasteiger partial charge in [-0.2, -0.15) is 13.2 Å². The highest BCUT2D eigenvalue weighted by Gasteiger charge is 2.33. The average Bonchev–Trinajstić information content (AvgIpc) is 3.22. The zero-order valence-corrected chi connectivity index (χ0v) is 19.9. The first-order valence-electron chi connectivity index (χ1n) is 11.7. The predicted octanol–water partition coefficient (Wildman–Crippen LogP) is 5.89. The zero-order chi connectivity index (χ0) is 26.2. The highest BCUT2D eigenvalue weighted by molar-refractivity contribution is 6.04. The lowest BCUT2D eigenvalue weighted by Crippen LogP contribution is -2.38. The minimum atomic E-state index is -4.54. The summed E-state index contributed by atoms with van der Waals surface area (Å²) in [5.41, 5.74) is -0.236. The van der Waals surface area contributed by atoms with E-state index >= 15 is 0 Å². The second-order valence-corrected chi connectivity index (χ2v) is 8.69. The Labute approximate surface area is 210 Å². The summed E-state index contributed by atoms with van der Waals surface area (Å²) in [6, 6.07) is 14.1. The first-order chi connectivity index (χ1) is 17.7.